The summed E-state index contributed by atoms with van der Waals surface area (Å²) < 4.78 is 1.02. The van der Waals surface area contributed by atoms with Gasteiger partial charge >= 0.3 is 0 Å². The first-order valence-corrected chi connectivity index (χ1v) is 5.39. The highest BCUT2D eigenvalue weighted by atomic mass is 32.1. The maximum atomic E-state index is 11.6. The molecule has 0 saturated heterocycles. The Balaban J connectivity index is 2.44. The van der Waals surface area contributed by atoms with Crippen LogP contribution in [-0.2, 0) is 4.79 Å². The smallest absolute Gasteiger partial charge is 0.257 e. The summed E-state index contributed by atoms with van der Waals surface area (Å²) in [4.78, 5) is 20.0. The molecule has 0 radical (unpaired) electrons. The Morgan fingerprint density at radius 1 is 1.47 bits per heavy atom. The van der Waals surface area contributed by atoms with E-state index in [0.29, 0.717) is 11.4 Å². The summed E-state index contributed by atoms with van der Waals surface area (Å²) in [5, 5.41) is 2.74. The minimum atomic E-state index is -0.0825. The molecule has 2 aromatic rings. The quantitative estimate of drug-likeness (QED) is 0.687. The molecule has 0 spiro atoms. The van der Waals surface area contributed by atoms with E-state index in [9.17, 15) is 4.79 Å². The van der Waals surface area contributed by atoms with Gasteiger partial charge in [0.2, 0.25) is 0 Å². The summed E-state index contributed by atoms with van der Waals surface area (Å²) in [6.07, 6.45) is 3.49. The van der Waals surface area contributed by atoms with Crippen LogP contribution in [0.5, 0.6) is 0 Å². The molecule has 2 aromatic heterocycles. The number of hydrogen-bond donors (Lipinski definition) is 1. The highest BCUT2D eigenvalue weighted by molar-refractivity contribution is 7.17. The van der Waals surface area contributed by atoms with Crippen LogP contribution in [0.4, 0.5) is 5.82 Å². The number of amides is 1. The molecule has 15 heavy (non-hydrogen) atoms. The van der Waals surface area contributed by atoms with Gasteiger partial charge in [-0.25, -0.2) is 9.97 Å². The Hall–Kier alpha value is -1.75. The molecule has 0 aliphatic carbocycles. The van der Waals surface area contributed by atoms with Gasteiger partial charge in [0, 0.05) is 11.1 Å². The lowest BCUT2D eigenvalue weighted by atomic mass is 10.1. The van der Waals surface area contributed by atoms with Crippen LogP contribution in [0.3, 0.4) is 0 Å². The monoisotopic (exact) mass is 217 g/mol. The first kappa shape index (κ1) is 8.55. The molecule has 0 atom stereocenters. The van der Waals surface area contributed by atoms with Gasteiger partial charge in [-0.15, -0.1) is 11.3 Å². The number of rotatable bonds is 0. The molecule has 5 heteroatoms. The molecule has 74 valence electrons. The van der Waals surface area contributed by atoms with Crippen molar-refractivity contribution in [1.29, 1.82) is 0 Å². The second-order valence-corrected chi connectivity index (χ2v) is 4.06. The van der Waals surface area contributed by atoms with Gasteiger partial charge in [-0.3, -0.25) is 4.79 Å². The van der Waals surface area contributed by atoms with Crippen LogP contribution in [-0.4, -0.2) is 15.9 Å². The highest BCUT2D eigenvalue weighted by Crippen LogP contribution is 2.37. The summed E-state index contributed by atoms with van der Waals surface area (Å²) in [6.45, 7) is 1.85. The topological polar surface area (TPSA) is 54.9 Å². The number of thiazole rings is 1. The first-order chi connectivity index (χ1) is 7.31. The number of aromatic nitrogens is 2. The van der Waals surface area contributed by atoms with Crippen LogP contribution < -0.4 is 5.32 Å². The number of fused-ring (bicyclic) bond motifs is 3. The van der Waals surface area contributed by atoms with Crippen molar-refractivity contribution < 1.29 is 4.79 Å². The molecule has 1 N–H and O–H groups in total. The van der Waals surface area contributed by atoms with Crippen molar-refractivity contribution in [2.45, 2.75) is 6.92 Å². The predicted octanol–water partition coefficient (Wildman–Crippen LogP) is 2.05. The van der Waals surface area contributed by atoms with Gasteiger partial charge in [0.25, 0.3) is 5.91 Å². The average molecular weight is 217 g/mol. The Morgan fingerprint density at radius 3 is 3.13 bits per heavy atom. The number of pyridine rings is 1. The van der Waals surface area contributed by atoms with Crippen LogP contribution >= 0.6 is 11.3 Å². The van der Waals surface area contributed by atoms with Crippen molar-refractivity contribution in [3.05, 3.63) is 23.3 Å². The number of carbonyl (C=O) groups is 1. The zero-order valence-electron chi connectivity index (χ0n) is 7.94. The van der Waals surface area contributed by atoms with Crippen molar-refractivity contribution in [3.63, 3.8) is 0 Å². The number of carbonyl (C=O) groups excluding carboxylic acids is 1. The molecule has 1 amide bonds. The molecular weight excluding hydrogens is 210 g/mol. The molecule has 1 aliphatic rings. The molecule has 3 rings (SSSR count). The summed E-state index contributed by atoms with van der Waals surface area (Å²) in [5.41, 5.74) is 4.19. The Morgan fingerprint density at radius 2 is 2.33 bits per heavy atom. The third-order valence-corrected chi connectivity index (χ3v) is 3.27. The summed E-state index contributed by atoms with van der Waals surface area (Å²) in [5.74, 6) is 0.561. The van der Waals surface area contributed by atoms with Crippen LogP contribution in [0.25, 0.3) is 15.8 Å². The van der Waals surface area contributed by atoms with Crippen molar-refractivity contribution in [3.8, 4) is 0 Å². The van der Waals surface area contributed by atoms with Crippen molar-refractivity contribution >= 4 is 38.9 Å². The van der Waals surface area contributed by atoms with E-state index in [1.807, 2.05) is 13.0 Å². The van der Waals surface area contributed by atoms with E-state index in [4.69, 9.17) is 0 Å². The number of nitrogens with zero attached hydrogens (tertiary/aromatic N) is 2. The van der Waals surface area contributed by atoms with Gasteiger partial charge in [0.1, 0.15) is 11.3 Å². The number of allylic oxidation sites excluding steroid dienone is 1. The average Bonchev–Trinajstić information content (AvgIpc) is 2.78. The van der Waals surface area contributed by atoms with E-state index in [-0.39, 0.29) is 5.91 Å². The van der Waals surface area contributed by atoms with E-state index < -0.39 is 0 Å². The van der Waals surface area contributed by atoms with Crippen LogP contribution in [0.1, 0.15) is 12.5 Å². The summed E-state index contributed by atoms with van der Waals surface area (Å²) in [6, 6.07) is 0. The summed E-state index contributed by atoms with van der Waals surface area (Å²) >= 11 is 1.53. The number of hydrogen-bond acceptors (Lipinski definition) is 4. The lowest BCUT2D eigenvalue weighted by Crippen LogP contribution is -2.03. The summed E-state index contributed by atoms with van der Waals surface area (Å²) in [7, 11) is 0. The van der Waals surface area contributed by atoms with E-state index in [0.717, 1.165) is 15.8 Å². The third kappa shape index (κ3) is 1.04. The fourth-order valence-electron chi connectivity index (χ4n) is 1.74. The zero-order valence-corrected chi connectivity index (χ0v) is 8.76. The number of anilines is 1. The molecule has 0 unspecified atom stereocenters. The number of nitrogens with one attached hydrogen (secondary N) is 1. The van der Waals surface area contributed by atoms with E-state index in [1.165, 1.54) is 11.3 Å². The largest absolute Gasteiger partial charge is 0.306 e. The second kappa shape index (κ2) is 2.87. The van der Waals surface area contributed by atoms with Gasteiger partial charge in [-0.1, -0.05) is 6.08 Å². The molecule has 3 heterocycles. The van der Waals surface area contributed by atoms with Gasteiger partial charge in [0.05, 0.1) is 16.4 Å². The first-order valence-electron chi connectivity index (χ1n) is 4.51. The van der Waals surface area contributed by atoms with Gasteiger partial charge in [-0.05, 0) is 6.92 Å². The lowest BCUT2D eigenvalue weighted by molar-refractivity contribution is -0.110. The van der Waals surface area contributed by atoms with E-state index in [2.05, 4.69) is 15.3 Å². The van der Waals surface area contributed by atoms with E-state index >= 15 is 0 Å². The molecule has 0 fully saturated rings. The second-order valence-electron chi connectivity index (χ2n) is 3.21. The normalized spacial score (nSPS) is 17.1. The fourth-order valence-corrected chi connectivity index (χ4v) is 2.56. The maximum Gasteiger partial charge on any atom is 0.257 e. The maximum absolute atomic E-state index is 11.6. The van der Waals surface area contributed by atoms with Crippen LogP contribution in [0.2, 0.25) is 0 Å². The predicted molar refractivity (Wildman–Crippen MR) is 59.7 cm³/mol. The van der Waals surface area contributed by atoms with E-state index in [1.54, 1.807) is 11.7 Å². The molecule has 1 aliphatic heterocycles. The molecule has 0 aromatic carbocycles. The van der Waals surface area contributed by atoms with Crippen molar-refractivity contribution in [2.75, 3.05) is 5.32 Å². The molecule has 4 nitrogen and oxygen atoms in total. The van der Waals surface area contributed by atoms with Gasteiger partial charge < -0.3 is 5.32 Å². The minimum absolute atomic E-state index is 0.0825. The van der Waals surface area contributed by atoms with Crippen LogP contribution in [0.15, 0.2) is 17.8 Å². The minimum Gasteiger partial charge on any atom is -0.306 e. The van der Waals surface area contributed by atoms with Crippen molar-refractivity contribution in [1.82, 2.24) is 9.97 Å². The highest BCUT2D eigenvalue weighted by Gasteiger charge is 2.27. The van der Waals surface area contributed by atoms with Crippen LogP contribution in [0, 0.1) is 0 Å². The molecule has 0 saturated carbocycles. The van der Waals surface area contributed by atoms with Crippen molar-refractivity contribution in [2.24, 2.45) is 0 Å². The van der Waals surface area contributed by atoms with Gasteiger partial charge in [-0.2, -0.15) is 0 Å². The third-order valence-electron chi connectivity index (χ3n) is 2.41. The SMILES string of the molecule is C/C=C1\C(=O)Nc2ncc3ncsc3c21. The Kier molecular flexibility index (Phi) is 1.63. The van der Waals surface area contributed by atoms with Gasteiger partial charge in [0.15, 0.2) is 0 Å². The Bertz CT molecular complexity index is 600. The lowest BCUT2D eigenvalue weighted by Gasteiger charge is -1.97. The zero-order chi connectivity index (χ0) is 10.4. The standard InChI is InChI=1S/C10H7N3OS/c1-2-5-7-8-6(12-4-15-8)3-11-9(7)13-10(5)14/h2-4H,1H3,(H,11,13,14)/b5-2-. The fraction of sp³-hybridized carbons (Fsp3) is 0.100. The Labute approximate surface area is 89.7 Å². The molecule has 0 bridgehead atoms. The molecular formula is C10H7N3OS.